The second kappa shape index (κ2) is 4.09. The van der Waals surface area contributed by atoms with Crippen LogP contribution in [0.15, 0.2) is 30.5 Å². The molecule has 96 valence electrons. The lowest BCUT2D eigenvalue weighted by atomic mass is 10.0. The highest BCUT2D eigenvalue weighted by Crippen LogP contribution is 2.50. The molecule has 2 aromatic rings. The number of hydrogen-bond acceptors (Lipinski definition) is 3. The summed E-state index contributed by atoms with van der Waals surface area (Å²) in [6, 6.07) is 9.06. The van der Waals surface area contributed by atoms with E-state index in [4.69, 9.17) is 5.26 Å². The minimum absolute atomic E-state index is 0.114. The Labute approximate surface area is 110 Å². The lowest BCUT2D eigenvalue weighted by molar-refractivity contribution is -0.384. The Morgan fingerprint density at radius 2 is 2.21 bits per heavy atom. The SMILES string of the molecule is N#CCC1(Cn2ccc3cc([N+](=O)[O-])ccc32)CC1. The Bertz CT molecular complexity index is 692. The minimum Gasteiger partial charge on any atom is -0.347 e. The van der Waals surface area contributed by atoms with Gasteiger partial charge in [-0.05, 0) is 25.0 Å². The Kier molecular flexibility index (Phi) is 2.53. The van der Waals surface area contributed by atoms with Crippen molar-refractivity contribution in [3.63, 3.8) is 0 Å². The van der Waals surface area contributed by atoms with Crippen LogP contribution in [0.4, 0.5) is 5.69 Å². The number of fused-ring (bicyclic) bond motifs is 1. The predicted octanol–water partition coefficient (Wildman–Crippen LogP) is 3.24. The summed E-state index contributed by atoms with van der Waals surface area (Å²) < 4.78 is 2.10. The summed E-state index contributed by atoms with van der Waals surface area (Å²) in [5.74, 6) is 0. The number of hydrogen-bond donors (Lipinski definition) is 0. The van der Waals surface area contributed by atoms with Crippen molar-refractivity contribution in [1.29, 1.82) is 5.26 Å². The van der Waals surface area contributed by atoms with Gasteiger partial charge in [-0.15, -0.1) is 0 Å². The van der Waals surface area contributed by atoms with Gasteiger partial charge in [-0.3, -0.25) is 10.1 Å². The Balaban J connectivity index is 1.94. The molecule has 0 N–H and O–H groups in total. The summed E-state index contributed by atoms with van der Waals surface area (Å²) in [6.45, 7) is 0.821. The lowest BCUT2D eigenvalue weighted by Crippen LogP contribution is -2.10. The Morgan fingerprint density at radius 3 is 2.84 bits per heavy atom. The van der Waals surface area contributed by atoms with E-state index in [0.29, 0.717) is 6.42 Å². The molecule has 1 aromatic heterocycles. The lowest BCUT2D eigenvalue weighted by Gasteiger charge is -2.13. The summed E-state index contributed by atoms with van der Waals surface area (Å²) in [5, 5.41) is 20.5. The highest BCUT2D eigenvalue weighted by Gasteiger charge is 2.42. The summed E-state index contributed by atoms with van der Waals surface area (Å²) >= 11 is 0. The van der Waals surface area contributed by atoms with E-state index in [1.165, 1.54) is 6.07 Å². The van der Waals surface area contributed by atoms with Gasteiger partial charge in [0.2, 0.25) is 0 Å². The van der Waals surface area contributed by atoms with Gasteiger partial charge in [0.15, 0.2) is 0 Å². The summed E-state index contributed by atoms with van der Waals surface area (Å²) in [7, 11) is 0. The van der Waals surface area contributed by atoms with Gasteiger partial charge >= 0.3 is 0 Å². The number of nitrogens with zero attached hydrogens (tertiary/aromatic N) is 3. The molecule has 0 unspecified atom stereocenters. The molecular weight excluding hydrogens is 242 g/mol. The molecule has 0 radical (unpaired) electrons. The van der Waals surface area contributed by atoms with Crippen molar-refractivity contribution in [1.82, 2.24) is 4.57 Å². The first-order valence-corrected chi connectivity index (χ1v) is 6.24. The molecule has 0 bridgehead atoms. The summed E-state index contributed by atoms with van der Waals surface area (Å²) in [6.07, 6.45) is 4.71. The third-order valence-electron chi connectivity index (χ3n) is 3.88. The third kappa shape index (κ3) is 2.06. The van der Waals surface area contributed by atoms with Crippen LogP contribution in [-0.2, 0) is 6.54 Å². The zero-order valence-electron chi connectivity index (χ0n) is 10.4. The molecule has 5 heteroatoms. The number of benzene rings is 1. The van der Waals surface area contributed by atoms with Crippen LogP contribution < -0.4 is 0 Å². The number of rotatable bonds is 4. The summed E-state index contributed by atoms with van der Waals surface area (Å²) in [5.41, 5.74) is 1.24. The molecule has 0 aliphatic heterocycles. The molecule has 19 heavy (non-hydrogen) atoms. The number of nitriles is 1. The molecule has 3 rings (SSSR count). The van der Waals surface area contributed by atoms with Gasteiger partial charge in [0.1, 0.15) is 0 Å². The maximum atomic E-state index is 10.7. The molecule has 5 nitrogen and oxygen atoms in total. The van der Waals surface area contributed by atoms with Crippen LogP contribution in [0.2, 0.25) is 0 Å². The van der Waals surface area contributed by atoms with Crippen LogP contribution in [0.1, 0.15) is 19.3 Å². The molecule has 1 fully saturated rings. The van der Waals surface area contributed by atoms with Crippen LogP contribution in [0.5, 0.6) is 0 Å². The van der Waals surface area contributed by atoms with E-state index in [9.17, 15) is 10.1 Å². The molecule has 1 aromatic carbocycles. The van der Waals surface area contributed by atoms with Crippen molar-refractivity contribution in [2.24, 2.45) is 5.41 Å². The van der Waals surface area contributed by atoms with Gasteiger partial charge < -0.3 is 4.57 Å². The Hall–Kier alpha value is -2.35. The topological polar surface area (TPSA) is 71.9 Å². The van der Waals surface area contributed by atoms with E-state index >= 15 is 0 Å². The molecule has 1 aliphatic rings. The fourth-order valence-electron chi connectivity index (χ4n) is 2.54. The molecule has 0 spiro atoms. The number of nitro benzene ring substituents is 1. The highest BCUT2D eigenvalue weighted by molar-refractivity contribution is 5.82. The van der Waals surface area contributed by atoms with Gasteiger partial charge in [-0.1, -0.05) is 0 Å². The third-order valence-corrected chi connectivity index (χ3v) is 3.88. The van der Waals surface area contributed by atoms with Gasteiger partial charge in [0.05, 0.1) is 11.0 Å². The number of non-ortho nitro benzene ring substituents is 1. The molecule has 0 saturated heterocycles. The van der Waals surface area contributed by atoms with Crippen LogP contribution in [0.25, 0.3) is 10.9 Å². The first-order chi connectivity index (χ1) is 9.13. The van der Waals surface area contributed by atoms with Crippen molar-refractivity contribution >= 4 is 16.6 Å². The smallest absolute Gasteiger partial charge is 0.270 e. The van der Waals surface area contributed by atoms with E-state index in [1.807, 2.05) is 12.3 Å². The average Bonchev–Trinajstić information content (AvgIpc) is 3.02. The molecular formula is C14H13N3O2. The average molecular weight is 255 g/mol. The van der Waals surface area contributed by atoms with Crippen molar-refractivity contribution in [3.05, 3.63) is 40.6 Å². The second-order valence-corrected chi connectivity index (χ2v) is 5.28. The predicted molar refractivity (Wildman–Crippen MR) is 70.5 cm³/mol. The van der Waals surface area contributed by atoms with Crippen LogP contribution in [-0.4, -0.2) is 9.49 Å². The first kappa shape index (κ1) is 11.7. The van der Waals surface area contributed by atoms with Gasteiger partial charge in [-0.2, -0.15) is 5.26 Å². The zero-order valence-corrected chi connectivity index (χ0v) is 10.4. The standard InChI is InChI=1S/C14H13N3O2/c15-7-6-14(4-5-14)10-16-8-3-11-9-12(17(18)19)1-2-13(11)16/h1-3,8-9H,4-6,10H2. The van der Waals surface area contributed by atoms with Crippen molar-refractivity contribution in [2.75, 3.05) is 0 Å². The number of aromatic nitrogens is 1. The highest BCUT2D eigenvalue weighted by atomic mass is 16.6. The summed E-state index contributed by atoms with van der Waals surface area (Å²) in [4.78, 5) is 10.4. The molecule has 0 amide bonds. The Morgan fingerprint density at radius 1 is 1.42 bits per heavy atom. The monoisotopic (exact) mass is 255 g/mol. The van der Waals surface area contributed by atoms with E-state index in [1.54, 1.807) is 12.1 Å². The number of nitro groups is 1. The van der Waals surface area contributed by atoms with E-state index in [0.717, 1.165) is 30.3 Å². The van der Waals surface area contributed by atoms with Gasteiger partial charge in [0.25, 0.3) is 5.69 Å². The first-order valence-electron chi connectivity index (χ1n) is 6.24. The second-order valence-electron chi connectivity index (χ2n) is 5.28. The maximum Gasteiger partial charge on any atom is 0.270 e. The maximum absolute atomic E-state index is 10.7. The molecule has 1 saturated carbocycles. The van der Waals surface area contributed by atoms with Crippen LogP contribution in [0.3, 0.4) is 0 Å². The van der Waals surface area contributed by atoms with E-state index in [2.05, 4.69) is 10.6 Å². The minimum atomic E-state index is -0.380. The van der Waals surface area contributed by atoms with E-state index in [-0.39, 0.29) is 16.0 Å². The van der Waals surface area contributed by atoms with Gasteiger partial charge in [0, 0.05) is 47.6 Å². The molecule has 0 atom stereocenters. The van der Waals surface area contributed by atoms with Crippen molar-refractivity contribution < 1.29 is 4.92 Å². The van der Waals surface area contributed by atoms with Crippen molar-refractivity contribution in [3.8, 4) is 6.07 Å². The fraction of sp³-hybridized carbons (Fsp3) is 0.357. The fourth-order valence-corrected chi connectivity index (χ4v) is 2.54. The van der Waals surface area contributed by atoms with E-state index < -0.39 is 0 Å². The molecule has 1 heterocycles. The normalized spacial score (nSPS) is 16.2. The largest absolute Gasteiger partial charge is 0.347 e. The van der Waals surface area contributed by atoms with Crippen LogP contribution in [0, 0.1) is 26.9 Å². The molecule has 1 aliphatic carbocycles. The van der Waals surface area contributed by atoms with Crippen LogP contribution >= 0.6 is 0 Å². The van der Waals surface area contributed by atoms with Gasteiger partial charge in [-0.25, -0.2) is 0 Å². The quantitative estimate of drug-likeness (QED) is 0.621. The van der Waals surface area contributed by atoms with Crippen molar-refractivity contribution in [2.45, 2.75) is 25.8 Å². The zero-order chi connectivity index (χ0) is 13.5.